The summed E-state index contributed by atoms with van der Waals surface area (Å²) < 4.78 is 38.9. The lowest BCUT2D eigenvalue weighted by molar-refractivity contribution is -0.121. The minimum atomic E-state index is -3.69. The first-order chi connectivity index (χ1) is 15.1. The van der Waals surface area contributed by atoms with E-state index in [1.165, 1.54) is 16.4 Å². The lowest BCUT2D eigenvalue weighted by atomic mass is 9.96. The van der Waals surface area contributed by atoms with Crippen molar-refractivity contribution in [1.29, 1.82) is 0 Å². The van der Waals surface area contributed by atoms with Crippen molar-refractivity contribution in [3.63, 3.8) is 0 Å². The fourth-order valence-electron chi connectivity index (χ4n) is 3.60. The van der Waals surface area contributed by atoms with Crippen molar-refractivity contribution in [2.75, 3.05) is 25.0 Å². The minimum Gasteiger partial charge on any atom is -0.492 e. The van der Waals surface area contributed by atoms with Crippen LogP contribution in [-0.4, -0.2) is 44.4 Å². The molecule has 3 rings (SSSR count). The summed E-state index contributed by atoms with van der Waals surface area (Å²) in [4.78, 5) is 13.2. The monoisotopic (exact) mass is 480 g/mol. The van der Waals surface area contributed by atoms with Gasteiger partial charge in [-0.1, -0.05) is 25.4 Å². The Kier molecular flexibility index (Phi) is 7.69. The largest absolute Gasteiger partial charge is 0.492 e. The van der Waals surface area contributed by atoms with Crippen molar-refractivity contribution < 1.29 is 22.7 Å². The van der Waals surface area contributed by atoms with Gasteiger partial charge in [-0.2, -0.15) is 4.31 Å². The number of carbonyl (C=O) groups excluding carboxylic acids is 1. The van der Waals surface area contributed by atoms with E-state index < -0.39 is 15.9 Å². The van der Waals surface area contributed by atoms with Crippen molar-refractivity contribution in [2.45, 2.75) is 45.1 Å². The van der Waals surface area contributed by atoms with Gasteiger partial charge in [0, 0.05) is 18.1 Å². The molecule has 1 unspecified atom stereocenters. The molecule has 9 heteroatoms. The summed E-state index contributed by atoms with van der Waals surface area (Å²) >= 11 is 6.08. The quantitative estimate of drug-likeness (QED) is 0.607. The topological polar surface area (TPSA) is 84.9 Å². The predicted octanol–water partition coefficient (Wildman–Crippen LogP) is 4.35. The Balaban J connectivity index is 1.89. The number of benzene rings is 2. The number of hydrogen-bond acceptors (Lipinski definition) is 5. The highest BCUT2D eigenvalue weighted by Gasteiger charge is 2.28. The van der Waals surface area contributed by atoms with Crippen LogP contribution >= 0.6 is 11.6 Å². The number of ether oxygens (including phenoxy) is 2. The fraction of sp³-hybridized carbons (Fsp3) is 0.435. The number of anilines is 1. The molecular weight excluding hydrogens is 452 g/mol. The first kappa shape index (κ1) is 24.4. The lowest BCUT2D eigenvalue weighted by Gasteiger charge is -2.25. The molecule has 1 aliphatic heterocycles. The molecule has 2 aromatic carbocycles. The summed E-state index contributed by atoms with van der Waals surface area (Å²) in [5.41, 5.74) is 1.18. The van der Waals surface area contributed by atoms with Crippen LogP contribution in [-0.2, 0) is 21.2 Å². The zero-order chi connectivity index (χ0) is 23.5. The van der Waals surface area contributed by atoms with Crippen LogP contribution in [0.15, 0.2) is 41.3 Å². The van der Waals surface area contributed by atoms with Crippen LogP contribution in [0.2, 0.25) is 5.02 Å². The van der Waals surface area contributed by atoms with E-state index in [0.717, 1.165) is 11.3 Å². The SMILES string of the molecule is CCN(CC)S(=O)(=O)c1ccc(OC(C)C)c(NC(=O)C2COc3ccc(Cl)cc3C2)c1. The summed E-state index contributed by atoms with van der Waals surface area (Å²) in [6.07, 6.45) is 0.322. The number of rotatable bonds is 8. The van der Waals surface area contributed by atoms with E-state index in [4.69, 9.17) is 21.1 Å². The minimum absolute atomic E-state index is 0.102. The number of halogens is 1. The van der Waals surface area contributed by atoms with Gasteiger partial charge in [0.25, 0.3) is 0 Å². The molecule has 32 heavy (non-hydrogen) atoms. The van der Waals surface area contributed by atoms with Crippen molar-refractivity contribution in [3.8, 4) is 11.5 Å². The number of carbonyl (C=O) groups is 1. The highest BCUT2D eigenvalue weighted by molar-refractivity contribution is 7.89. The molecule has 1 aliphatic rings. The summed E-state index contributed by atoms with van der Waals surface area (Å²) in [6, 6.07) is 9.88. The molecule has 7 nitrogen and oxygen atoms in total. The average molecular weight is 481 g/mol. The molecule has 1 amide bonds. The third kappa shape index (κ3) is 5.36. The van der Waals surface area contributed by atoms with E-state index in [-0.39, 0.29) is 23.5 Å². The molecule has 174 valence electrons. The fourth-order valence-corrected chi connectivity index (χ4v) is 5.28. The lowest BCUT2D eigenvalue weighted by Crippen LogP contribution is -2.33. The van der Waals surface area contributed by atoms with Gasteiger partial charge in [0.05, 0.1) is 22.6 Å². The van der Waals surface area contributed by atoms with Gasteiger partial charge in [-0.25, -0.2) is 8.42 Å². The molecule has 1 atom stereocenters. The van der Waals surface area contributed by atoms with Crippen molar-refractivity contribution in [3.05, 3.63) is 47.0 Å². The Bertz CT molecular complexity index is 1080. The summed E-state index contributed by atoms with van der Waals surface area (Å²) in [5, 5.41) is 3.44. The first-order valence-corrected chi connectivity index (χ1v) is 12.5. The van der Waals surface area contributed by atoms with Crippen molar-refractivity contribution in [1.82, 2.24) is 4.31 Å². The first-order valence-electron chi connectivity index (χ1n) is 10.7. The third-order valence-electron chi connectivity index (χ3n) is 5.21. The van der Waals surface area contributed by atoms with E-state index in [9.17, 15) is 13.2 Å². The number of nitrogens with zero attached hydrogens (tertiary/aromatic N) is 1. The van der Waals surface area contributed by atoms with Gasteiger partial charge in [0.2, 0.25) is 15.9 Å². The second kappa shape index (κ2) is 10.1. The predicted molar refractivity (Wildman–Crippen MR) is 125 cm³/mol. The van der Waals surface area contributed by atoms with E-state index in [0.29, 0.717) is 36.0 Å². The van der Waals surface area contributed by atoms with Crippen LogP contribution in [0.25, 0.3) is 0 Å². The van der Waals surface area contributed by atoms with Gasteiger partial charge >= 0.3 is 0 Å². The van der Waals surface area contributed by atoms with Crippen molar-refractivity contribution in [2.24, 2.45) is 5.92 Å². The Hall–Kier alpha value is -2.29. The molecule has 0 saturated carbocycles. The standard InChI is InChI=1S/C23H29ClN2O5S/c1-5-26(6-2)32(28,29)19-8-10-22(31-15(3)4)20(13-19)25-23(27)17-11-16-12-18(24)7-9-21(16)30-14-17/h7-10,12-13,15,17H,5-6,11,14H2,1-4H3,(H,25,27). The van der Waals surface area contributed by atoms with Gasteiger partial charge in [0.15, 0.2) is 0 Å². The van der Waals surface area contributed by atoms with Gasteiger partial charge in [-0.15, -0.1) is 0 Å². The molecule has 1 heterocycles. The molecule has 0 saturated heterocycles. The van der Waals surface area contributed by atoms with Crippen molar-refractivity contribution >= 4 is 33.2 Å². The number of amides is 1. The van der Waals surface area contributed by atoms with Crippen LogP contribution < -0.4 is 14.8 Å². The van der Waals surface area contributed by atoms with Gasteiger partial charge in [0.1, 0.15) is 18.1 Å². The summed E-state index contributed by atoms with van der Waals surface area (Å²) in [7, 11) is -3.69. The highest BCUT2D eigenvalue weighted by atomic mass is 35.5. The van der Waals surface area contributed by atoms with E-state index in [2.05, 4.69) is 5.32 Å². The molecule has 0 radical (unpaired) electrons. The molecule has 0 spiro atoms. The molecule has 0 aromatic heterocycles. The molecule has 2 aromatic rings. The highest BCUT2D eigenvalue weighted by Crippen LogP contribution is 2.33. The van der Waals surface area contributed by atoms with E-state index in [1.807, 2.05) is 13.8 Å². The van der Waals surface area contributed by atoms with Gasteiger partial charge < -0.3 is 14.8 Å². The van der Waals surface area contributed by atoms with Crippen LogP contribution in [0, 0.1) is 5.92 Å². The third-order valence-corrected chi connectivity index (χ3v) is 7.50. The van der Waals surface area contributed by atoms with E-state index in [1.54, 1.807) is 38.1 Å². The Morgan fingerprint density at radius 1 is 1.22 bits per heavy atom. The Labute approximate surface area is 194 Å². The summed E-state index contributed by atoms with van der Waals surface area (Å²) in [6.45, 7) is 8.22. The second-order valence-corrected chi connectivity index (χ2v) is 10.2. The molecule has 1 N–H and O–H groups in total. The Morgan fingerprint density at radius 2 is 1.94 bits per heavy atom. The molecule has 0 fully saturated rings. The zero-order valence-corrected chi connectivity index (χ0v) is 20.3. The zero-order valence-electron chi connectivity index (χ0n) is 18.7. The number of sulfonamides is 1. The maximum atomic E-state index is 13.1. The maximum absolute atomic E-state index is 13.1. The van der Waals surface area contributed by atoms with Crippen LogP contribution in [0.4, 0.5) is 5.69 Å². The van der Waals surface area contributed by atoms with Crippen LogP contribution in [0.3, 0.4) is 0 Å². The molecular formula is C23H29ClN2O5S. The van der Waals surface area contributed by atoms with Gasteiger partial charge in [-0.05, 0) is 62.2 Å². The second-order valence-electron chi connectivity index (χ2n) is 7.87. The normalized spacial score (nSPS) is 15.9. The van der Waals surface area contributed by atoms with Gasteiger partial charge in [-0.3, -0.25) is 4.79 Å². The number of nitrogens with one attached hydrogen (secondary N) is 1. The average Bonchev–Trinajstić information content (AvgIpc) is 2.74. The van der Waals surface area contributed by atoms with E-state index >= 15 is 0 Å². The molecule has 0 bridgehead atoms. The van der Waals surface area contributed by atoms with Crippen LogP contribution in [0.1, 0.15) is 33.3 Å². The Morgan fingerprint density at radius 3 is 2.59 bits per heavy atom. The van der Waals surface area contributed by atoms with Crippen LogP contribution in [0.5, 0.6) is 11.5 Å². The maximum Gasteiger partial charge on any atom is 0.243 e. The number of hydrogen-bond donors (Lipinski definition) is 1. The smallest absolute Gasteiger partial charge is 0.243 e. The summed E-state index contributed by atoms with van der Waals surface area (Å²) in [5.74, 6) is 0.402. The molecule has 0 aliphatic carbocycles. The number of fused-ring (bicyclic) bond motifs is 1.